The molecule has 2 aromatic heterocycles. The molecule has 0 saturated carbocycles. The lowest BCUT2D eigenvalue weighted by atomic mass is 10.2. The van der Waals surface area contributed by atoms with Crippen LogP contribution in [0.5, 0.6) is 5.75 Å². The highest BCUT2D eigenvalue weighted by molar-refractivity contribution is 5.69. The molecule has 0 amide bonds. The van der Waals surface area contributed by atoms with Crippen LogP contribution in [0.15, 0.2) is 41.6 Å². The number of aromatic nitrogens is 2. The summed E-state index contributed by atoms with van der Waals surface area (Å²) in [5, 5.41) is 18.4. The van der Waals surface area contributed by atoms with Gasteiger partial charge < -0.3 is 14.8 Å². The standard InChI is InChI=1S/C15H17N3O4/c1-17(10-15(21)22)8-12-5-13(19)14(20)9-18(12)7-11-3-2-4-16-6-11/h2-6,9,20H,7-8,10H2,1H3,(H,21,22). The lowest BCUT2D eigenvalue weighted by Gasteiger charge is -2.19. The van der Waals surface area contributed by atoms with E-state index in [4.69, 9.17) is 5.11 Å². The molecule has 0 aromatic carbocycles. The summed E-state index contributed by atoms with van der Waals surface area (Å²) in [4.78, 5) is 28.0. The predicted molar refractivity (Wildman–Crippen MR) is 79.7 cm³/mol. The van der Waals surface area contributed by atoms with Crippen molar-refractivity contribution in [3.63, 3.8) is 0 Å². The largest absolute Gasteiger partial charge is 0.503 e. The van der Waals surface area contributed by atoms with Gasteiger partial charge in [0, 0.05) is 37.2 Å². The number of hydrogen-bond acceptors (Lipinski definition) is 5. The summed E-state index contributed by atoms with van der Waals surface area (Å²) in [6.45, 7) is 0.571. The third kappa shape index (κ3) is 4.16. The van der Waals surface area contributed by atoms with E-state index in [1.54, 1.807) is 35.0 Å². The maximum atomic E-state index is 11.6. The van der Waals surface area contributed by atoms with Crippen molar-refractivity contribution in [1.29, 1.82) is 0 Å². The molecule has 0 aliphatic rings. The summed E-state index contributed by atoms with van der Waals surface area (Å²) in [5.74, 6) is -1.28. The number of carboxylic acids is 1. The zero-order valence-corrected chi connectivity index (χ0v) is 12.1. The van der Waals surface area contributed by atoms with Gasteiger partial charge >= 0.3 is 5.97 Å². The molecule has 0 bridgehead atoms. The third-order valence-corrected chi connectivity index (χ3v) is 3.11. The number of aliphatic carboxylic acids is 1. The van der Waals surface area contributed by atoms with Gasteiger partial charge in [-0.05, 0) is 18.7 Å². The molecule has 0 aliphatic heterocycles. The molecule has 2 heterocycles. The quantitative estimate of drug-likeness (QED) is 0.807. The molecule has 2 aromatic rings. The van der Waals surface area contributed by atoms with Crippen LogP contribution in [0, 0.1) is 0 Å². The van der Waals surface area contributed by atoms with E-state index in [1.165, 1.54) is 12.3 Å². The second-order valence-corrected chi connectivity index (χ2v) is 5.07. The highest BCUT2D eigenvalue weighted by Gasteiger charge is 2.11. The molecule has 2 rings (SSSR count). The normalized spacial score (nSPS) is 10.8. The van der Waals surface area contributed by atoms with Crippen molar-refractivity contribution in [2.75, 3.05) is 13.6 Å². The second kappa shape index (κ2) is 6.86. The molecular formula is C15H17N3O4. The van der Waals surface area contributed by atoms with E-state index in [9.17, 15) is 14.7 Å². The first kappa shape index (κ1) is 15.7. The lowest BCUT2D eigenvalue weighted by Crippen LogP contribution is -2.27. The van der Waals surface area contributed by atoms with Crippen LogP contribution in [-0.2, 0) is 17.9 Å². The predicted octanol–water partition coefficient (Wildman–Crippen LogP) is 0.514. The van der Waals surface area contributed by atoms with E-state index in [1.807, 2.05) is 6.07 Å². The Morgan fingerprint density at radius 3 is 2.86 bits per heavy atom. The number of hydrogen-bond donors (Lipinski definition) is 2. The highest BCUT2D eigenvalue weighted by Crippen LogP contribution is 2.10. The van der Waals surface area contributed by atoms with E-state index in [0.29, 0.717) is 12.2 Å². The van der Waals surface area contributed by atoms with Gasteiger partial charge in [-0.3, -0.25) is 19.5 Å². The van der Waals surface area contributed by atoms with Crippen molar-refractivity contribution in [3.8, 4) is 5.75 Å². The van der Waals surface area contributed by atoms with Crippen molar-refractivity contribution >= 4 is 5.97 Å². The Morgan fingerprint density at radius 1 is 1.45 bits per heavy atom. The Balaban J connectivity index is 2.29. The number of carbonyl (C=O) groups is 1. The van der Waals surface area contributed by atoms with Crippen LogP contribution < -0.4 is 5.43 Å². The van der Waals surface area contributed by atoms with Crippen LogP contribution in [0.4, 0.5) is 0 Å². The second-order valence-electron chi connectivity index (χ2n) is 5.07. The number of likely N-dealkylation sites (N-methyl/N-ethyl adjacent to an activating group) is 1. The van der Waals surface area contributed by atoms with Crippen molar-refractivity contribution in [2.24, 2.45) is 0 Å². The Kier molecular flexibility index (Phi) is 4.90. The Bertz CT molecular complexity index is 712. The zero-order valence-electron chi connectivity index (χ0n) is 12.1. The molecule has 0 fully saturated rings. The minimum absolute atomic E-state index is 0.137. The summed E-state index contributed by atoms with van der Waals surface area (Å²) in [5.41, 5.74) is 1.05. The maximum Gasteiger partial charge on any atom is 0.317 e. The summed E-state index contributed by atoms with van der Waals surface area (Å²) in [7, 11) is 1.65. The van der Waals surface area contributed by atoms with Gasteiger partial charge in [-0.2, -0.15) is 0 Å². The lowest BCUT2D eigenvalue weighted by molar-refractivity contribution is -0.138. The molecule has 0 unspecified atom stereocenters. The van der Waals surface area contributed by atoms with Gasteiger partial charge in [0.1, 0.15) is 0 Å². The van der Waals surface area contributed by atoms with E-state index in [2.05, 4.69) is 4.98 Å². The maximum absolute atomic E-state index is 11.6. The Hall–Kier alpha value is -2.67. The minimum atomic E-state index is -0.942. The molecule has 0 aliphatic carbocycles. The summed E-state index contributed by atoms with van der Waals surface area (Å²) >= 11 is 0. The van der Waals surface area contributed by atoms with Gasteiger partial charge in [0.25, 0.3) is 0 Å². The van der Waals surface area contributed by atoms with E-state index in [0.717, 1.165) is 5.56 Å². The molecule has 7 nitrogen and oxygen atoms in total. The zero-order chi connectivity index (χ0) is 16.1. The topological polar surface area (TPSA) is 95.7 Å². The first-order valence-corrected chi connectivity index (χ1v) is 6.67. The third-order valence-electron chi connectivity index (χ3n) is 3.11. The fraction of sp³-hybridized carbons (Fsp3) is 0.267. The molecule has 0 saturated heterocycles. The smallest absolute Gasteiger partial charge is 0.317 e. The molecule has 2 N–H and O–H groups in total. The van der Waals surface area contributed by atoms with Gasteiger partial charge in [-0.25, -0.2) is 0 Å². The first-order chi connectivity index (χ1) is 10.5. The van der Waals surface area contributed by atoms with Crippen LogP contribution in [-0.4, -0.2) is 44.2 Å². The van der Waals surface area contributed by atoms with Gasteiger partial charge in [0.05, 0.1) is 12.7 Å². The van der Waals surface area contributed by atoms with E-state index < -0.39 is 11.4 Å². The van der Waals surface area contributed by atoms with Crippen LogP contribution in [0.1, 0.15) is 11.3 Å². The number of aromatic hydroxyl groups is 1. The average Bonchev–Trinajstić information content (AvgIpc) is 2.44. The molecule has 0 radical (unpaired) electrons. The number of carboxylic acid groups (broad SMARTS) is 1. The molecule has 7 heteroatoms. The Morgan fingerprint density at radius 2 is 2.23 bits per heavy atom. The SMILES string of the molecule is CN(CC(=O)O)Cc1cc(=O)c(O)cn1Cc1cccnc1. The highest BCUT2D eigenvalue weighted by atomic mass is 16.4. The van der Waals surface area contributed by atoms with Crippen LogP contribution in [0.25, 0.3) is 0 Å². The fourth-order valence-electron chi connectivity index (χ4n) is 2.14. The van der Waals surface area contributed by atoms with Gasteiger partial charge in [-0.1, -0.05) is 6.07 Å². The summed E-state index contributed by atoms with van der Waals surface area (Å²) in [6.07, 6.45) is 4.72. The van der Waals surface area contributed by atoms with Crippen LogP contribution in [0.3, 0.4) is 0 Å². The van der Waals surface area contributed by atoms with Gasteiger partial charge in [0.15, 0.2) is 5.75 Å². The van der Waals surface area contributed by atoms with Crippen molar-refractivity contribution in [2.45, 2.75) is 13.1 Å². The average molecular weight is 303 g/mol. The number of rotatable bonds is 6. The molecule has 0 atom stereocenters. The monoisotopic (exact) mass is 303 g/mol. The Labute approximate surface area is 127 Å². The van der Waals surface area contributed by atoms with Crippen LogP contribution >= 0.6 is 0 Å². The molecule has 22 heavy (non-hydrogen) atoms. The number of pyridine rings is 2. The molecule has 0 spiro atoms. The van der Waals surface area contributed by atoms with Crippen molar-refractivity contribution in [3.05, 3.63) is 58.3 Å². The van der Waals surface area contributed by atoms with Gasteiger partial charge in [-0.15, -0.1) is 0 Å². The van der Waals surface area contributed by atoms with Crippen molar-refractivity contribution in [1.82, 2.24) is 14.5 Å². The van der Waals surface area contributed by atoms with E-state index in [-0.39, 0.29) is 18.8 Å². The minimum Gasteiger partial charge on any atom is -0.503 e. The van der Waals surface area contributed by atoms with Crippen molar-refractivity contribution < 1.29 is 15.0 Å². The van der Waals surface area contributed by atoms with Gasteiger partial charge in [0.2, 0.25) is 5.43 Å². The number of nitrogens with zero attached hydrogens (tertiary/aromatic N) is 3. The summed E-state index contributed by atoms with van der Waals surface area (Å²) in [6, 6.07) is 5.00. The van der Waals surface area contributed by atoms with E-state index >= 15 is 0 Å². The van der Waals surface area contributed by atoms with Crippen LogP contribution in [0.2, 0.25) is 0 Å². The molecule has 116 valence electrons. The summed E-state index contributed by atoms with van der Waals surface area (Å²) < 4.78 is 1.71. The first-order valence-electron chi connectivity index (χ1n) is 6.67. The molecular weight excluding hydrogens is 286 g/mol. The fourth-order valence-corrected chi connectivity index (χ4v) is 2.14.